The summed E-state index contributed by atoms with van der Waals surface area (Å²) < 4.78 is 10.6. The number of rotatable bonds is 7. The van der Waals surface area contributed by atoms with Crippen molar-refractivity contribution >= 4 is 5.91 Å². The first-order chi connectivity index (χ1) is 11.1. The molecule has 1 aliphatic heterocycles. The highest BCUT2D eigenvalue weighted by atomic mass is 16.5. The fourth-order valence-corrected chi connectivity index (χ4v) is 3.01. The number of nitrogens with two attached hydrogens (primary N) is 1. The largest absolute Gasteiger partial charge is 0.494 e. The van der Waals surface area contributed by atoms with Gasteiger partial charge in [-0.1, -0.05) is 0 Å². The Balaban J connectivity index is 1.96. The van der Waals surface area contributed by atoms with E-state index in [1.807, 2.05) is 36.1 Å². The lowest BCUT2D eigenvalue weighted by atomic mass is 9.96. The van der Waals surface area contributed by atoms with E-state index < -0.39 is 0 Å². The molecule has 1 amide bonds. The van der Waals surface area contributed by atoms with Gasteiger partial charge >= 0.3 is 0 Å². The summed E-state index contributed by atoms with van der Waals surface area (Å²) in [5.41, 5.74) is 6.75. The van der Waals surface area contributed by atoms with E-state index in [9.17, 15) is 4.79 Å². The lowest BCUT2D eigenvalue weighted by Crippen LogP contribution is -2.51. The monoisotopic (exact) mass is 320 g/mol. The van der Waals surface area contributed by atoms with Crippen LogP contribution in [-0.4, -0.2) is 49.8 Å². The maximum atomic E-state index is 12.7. The minimum atomic E-state index is 0.00245. The van der Waals surface area contributed by atoms with E-state index in [0.29, 0.717) is 18.8 Å². The van der Waals surface area contributed by atoms with Crippen LogP contribution in [0.1, 0.15) is 43.0 Å². The second-order valence-electron chi connectivity index (χ2n) is 6.14. The third kappa shape index (κ3) is 4.94. The number of benzene rings is 1. The zero-order valence-corrected chi connectivity index (χ0v) is 14.2. The van der Waals surface area contributed by atoms with Gasteiger partial charge < -0.3 is 20.1 Å². The lowest BCUT2D eigenvalue weighted by Gasteiger charge is -2.38. The van der Waals surface area contributed by atoms with Crippen molar-refractivity contribution in [1.82, 2.24) is 4.90 Å². The molecule has 0 aromatic heterocycles. The fraction of sp³-hybridized carbons (Fsp3) is 0.611. The number of methoxy groups -OCH3 is 1. The van der Waals surface area contributed by atoms with E-state index in [0.717, 1.165) is 38.0 Å². The standard InChI is InChI=1S/C18H28N2O3/c1-14(19)17-6-3-4-11-20(17)18(21)15-7-9-16(10-8-15)23-13-5-12-22-2/h7-10,14,17H,3-6,11-13,19H2,1-2H3. The second-order valence-corrected chi connectivity index (χ2v) is 6.14. The summed E-state index contributed by atoms with van der Waals surface area (Å²) in [7, 11) is 1.68. The minimum Gasteiger partial charge on any atom is -0.494 e. The Kier molecular flexibility index (Phi) is 6.86. The molecule has 2 atom stereocenters. The van der Waals surface area contributed by atoms with Crippen LogP contribution in [0, 0.1) is 0 Å². The van der Waals surface area contributed by atoms with E-state index >= 15 is 0 Å². The van der Waals surface area contributed by atoms with Crippen LogP contribution in [-0.2, 0) is 4.74 Å². The number of nitrogens with zero attached hydrogens (tertiary/aromatic N) is 1. The number of likely N-dealkylation sites (tertiary alicyclic amines) is 1. The van der Waals surface area contributed by atoms with Crippen LogP contribution >= 0.6 is 0 Å². The predicted molar refractivity (Wildman–Crippen MR) is 90.8 cm³/mol. The van der Waals surface area contributed by atoms with Crippen molar-refractivity contribution in [3.8, 4) is 5.75 Å². The molecule has 5 heteroatoms. The van der Waals surface area contributed by atoms with Gasteiger partial charge in [0.2, 0.25) is 0 Å². The van der Waals surface area contributed by atoms with E-state index in [2.05, 4.69) is 0 Å². The molecule has 23 heavy (non-hydrogen) atoms. The summed E-state index contributed by atoms with van der Waals surface area (Å²) in [6, 6.07) is 7.51. The Hall–Kier alpha value is -1.59. The molecule has 2 unspecified atom stereocenters. The highest BCUT2D eigenvalue weighted by Crippen LogP contribution is 2.22. The minimum absolute atomic E-state index is 0.00245. The predicted octanol–water partition coefficient (Wildman–Crippen LogP) is 2.44. The zero-order chi connectivity index (χ0) is 16.7. The van der Waals surface area contributed by atoms with E-state index in [-0.39, 0.29) is 18.0 Å². The number of amides is 1. The maximum Gasteiger partial charge on any atom is 0.254 e. The van der Waals surface area contributed by atoms with Crippen LogP contribution < -0.4 is 10.5 Å². The van der Waals surface area contributed by atoms with Crippen molar-refractivity contribution in [1.29, 1.82) is 0 Å². The molecule has 1 aromatic carbocycles. The molecule has 0 bridgehead atoms. The van der Waals surface area contributed by atoms with Gasteiger partial charge in [0.25, 0.3) is 5.91 Å². The molecule has 1 aromatic rings. The second kappa shape index (κ2) is 8.89. The smallest absolute Gasteiger partial charge is 0.254 e. The average Bonchev–Trinajstić information content (AvgIpc) is 2.58. The quantitative estimate of drug-likeness (QED) is 0.784. The lowest BCUT2D eigenvalue weighted by molar-refractivity contribution is 0.0584. The van der Waals surface area contributed by atoms with Gasteiger partial charge in [0, 0.05) is 44.3 Å². The van der Waals surface area contributed by atoms with Gasteiger partial charge in [-0.2, -0.15) is 0 Å². The van der Waals surface area contributed by atoms with Crippen LogP contribution in [0.15, 0.2) is 24.3 Å². The summed E-state index contributed by atoms with van der Waals surface area (Å²) in [4.78, 5) is 14.7. The van der Waals surface area contributed by atoms with Crippen molar-refractivity contribution in [3.05, 3.63) is 29.8 Å². The summed E-state index contributed by atoms with van der Waals surface area (Å²) in [5, 5.41) is 0. The van der Waals surface area contributed by atoms with Crippen LogP contribution in [0.3, 0.4) is 0 Å². The van der Waals surface area contributed by atoms with Gasteiger partial charge in [0.05, 0.1) is 6.61 Å². The van der Waals surface area contributed by atoms with Gasteiger partial charge in [-0.25, -0.2) is 0 Å². The number of carbonyl (C=O) groups excluding carboxylic acids is 1. The van der Waals surface area contributed by atoms with Crippen LogP contribution in [0.5, 0.6) is 5.75 Å². The van der Waals surface area contributed by atoms with Crippen molar-refractivity contribution in [2.45, 2.75) is 44.7 Å². The SMILES string of the molecule is COCCCOc1ccc(C(=O)N2CCCCC2C(C)N)cc1. The summed E-state index contributed by atoms with van der Waals surface area (Å²) >= 11 is 0. The summed E-state index contributed by atoms with van der Waals surface area (Å²) in [6.07, 6.45) is 4.03. The Bertz CT molecular complexity index is 488. The maximum absolute atomic E-state index is 12.7. The first kappa shape index (κ1) is 17.8. The molecule has 1 saturated heterocycles. The Morgan fingerprint density at radius 1 is 1.30 bits per heavy atom. The van der Waals surface area contributed by atoms with Gasteiger partial charge in [-0.3, -0.25) is 4.79 Å². The Morgan fingerprint density at radius 3 is 2.70 bits per heavy atom. The third-order valence-corrected chi connectivity index (χ3v) is 4.28. The van der Waals surface area contributed by atoms with Crippen molar-refractivity contribution in [2.24, 2.45) is 5.73 Å². The first-order valence-corrected chi connectivity index (χ1v) is 8.42. The molecule has 1 heterocycles. The molecule has 0 radical (unpaired) electrons. The number of ether oxygens (including phenoxy) is 2. The highest BCUT2D eigenvalue weighted by molar-refractivity contribution is 5.94. The third-order valence-electron chi connectivity index (χ3n) is 4.28. The number of piperidine rings is 1. The zero-order valence-electron chi connectivity index (χ0n) is 14.2. The van der Waals surface area contributed by atoms with Crippen molar-refractivity contribution in [3.63, 3.8) is 0 Å². The van der Waals surface area contributed by atoms with Crippen molar-refractivity contribution in [2.75, 3.05) is 26.9 Å². The molecule has 0 spiro atoms. The Morgan fingerprint density at radius 2 is 2.04 bits per heavy atom. The molecule has 128 valence electrons. The van der Waals surface area contributed by atoms with Gasteiger partial charge in [-0.05, 0) is 50.5 Å². The first-order valence-electron chi connectivity index (χ1n) is 8.42. The van der Waals surface area contributed by atoms with E-state index in [4.69, 9.17) is 15.2 Å². The number of hydrogen-bond acceptors (Lipinski definition) is 4. The highest BCUT2D eigenvalue weighted by Gasteiger charge is 2.29. The van der Waals surface area contributed by atoms with Gasteiger partial charge in [0.15, 0.2) is 0 Å². The van der Waals surface area contributed by atoms with Crippen LogP contribution in [0.4, 0.5) is 0 Å². The van der Waals surface area contributed by atoms with Crippen molar-refractivity contribution < 1.29 is 14.3 Å². The Labute approximate surface area is 138 Å². The molecular weight excluding hydrogens is 292 g/mol. The molecule has 2 rings (SSSR count). The average molecular weight is 320 g/mol. The van der Waals surface area contributed by atoms with E-state index in [1.165, 1.54) is 0 Å². The normalized spacial score (nSPS) is 19.4. The molecule has 1 aliphatic rings. The summed E-state index contributed by atoms with van der Waals surface area (Å²) in [6.45, 7) is 4.07. The molecule has 1 fully saturated rings. The molecule has 0 aliphatic carbocycles. The molecule has 5 nitrogen and oxygen atoms in total. The van der Waals surface area contributed by atoms with Gasteiger partial charge in [-0.15, -0.1) is 0 Å². The molecule has 2 N–H and O–H groups in total. The van der Waals surface area contributed by atoms with Crippen LogP contribution in [0.25, 0.3) is 0 Å². The van der Waals surface area contributed by atoms with Gasteiger partial charge in [0.1, 0.15) is 5.75 Å². The fourth-order valence-electron chi connectivity index (χ4n) is 3.01. The topological polar surface area (TPSA) is 64.8 Å². The summed E-state index contributed by atoms with van der Waals surface area (Å²) in [5.74, 6) is 0.845. The van der Waals surface area contributed by atoms with Crippen LogP contribution in [0.2, 0.25) is 0 Å². The molecule has 0 saturated carbocycles. The number of carbonyl (C=O) groups is 1. The number of hydrogen-bond donors (Lipinski definition) is 1. The molecular formula is C18H28N2O3. The van der Waals surface area contributed by atoms with E-state index in [1.54, 1.807) is 7.11 Å².